The normalized spacial score (nSPS) is 13.0. The van der Waals surface area contributed by atoms with Crippen LogP contribution in [-0.2, 0) is 5.60 Å². The summed E-state index contributed by atoms with van der Waals surface area (Å²) in [5.74, 6) is 0.359. The van der Waals surface area contributed by atoms with Gasteiger partial charge in [-0.05, 0) is 30.3 Å². The van der Waals surface area contributed by atoms with Crippen molar-refractivity contribution >= 4 is 0 Å². The topological polar surface area (TPSA) is 42.4 Å². The standard InChI is InChI=1S/C15H11F6NO2/c1-24-10-6-4-9(5-7-10)12-11(3-2-8-22-12)13(23,14(16,17)18)15(19,20)21/h2-8,23H,1H3. The third-order valence-corrected chi connectivity index (χ3v) is 3.38. The number of hydrogen-bond donors (Lipinski definition) is 1. The Morgan fingerprint density at radius 3 is 1.92 bits per heavy atom. The van der Waals surface area contributed by atoms with Crippen molar-refractivity contribution in [1.82, 2.24) is 4.98 Å². The van der Waals surface area contributed by atoms with Crippen LogP contribution in [0.3, 0.4) is 0 Å². The molecule has 1 aromatic carbocycles. The van der Waals surface area contributed by atoms with E-state index in [2.05, 4.69) is 4.98 Å². The smallest absolute Gasteiger partial charge is 0.430 e. The van der Waals surface area contributed by atoms with Crippen molar-refractivity contribution < 1.29 is 36.2 Å². The zero-order valence-electron chi connectivity index (χ0n) is 12.1. The number of alkyl halides is 6. The number of rotatable bonds is 3. The van der Waals surface area contributed by atoms with Gasteiger partial charge in [0.2, 0.25) is 0 Å². The first-order valence-corrected chi connectivity index (χ1v) is 6.48. The maximum Gasteiger partial charge on any atom is 0.430 e. The molecule has 130 valence electrons. The first-order chi connectivity index (χ1) is 11.0. The highest BCUT2D eigenvalue weighted by Crippen LogP contribution is 2.51. The maximum atomic E-state index is 13.1. The summed E-state index contributed by atoms with van der Waals surface area (Å²) < 4.78 is 83.4. The molecule has 9 heteroatoms. The lowest BCUT2D eigenvalue weighted by Crippen LogP contribution is -2.54. The highest BCUT2D eigenvalue weighted by molar-refractivity contribution is 5.65. The average molecular weight is 351 g/mol. The second kappa shape index (κ2) is 5.97. The van der Waals surface area contributed by atoms with E-state index in [0.29, 0.717) is 11.8 Å². The first kappa shape index (κ1) is 18.1. The van der Waals surface area contributed by atoms with E-state index in [1.807, 2.05) is 0 Å². The van der Waals surface area contributed by atoms with Gasteiger partial charge in [-0.3, -0.25) is 4.98 Å². The molecule has 1 aromatic heterocycles. The summed E-state index contributed by atoms with van der Waals surface area (Å²) in [6.07, 6.45) is -10.9. The van der Waals surface area contributed by atoms with Crippen LogP contribution in [0.4, 0.5) is 26.3 Å². The van der Waals surface area contributed by atoms with E-state index in [1.165, 1.54) is 31.4 Å². The number of benzene rings is 1. The Kier molecular flexibility index (Phi) is 4.49. The van der Waals surface area contributed by atoms with Crippen LogP contribution in [0.15, 0.2) is 42.6 Å². The molecule has 0 atom stereocenters. The number of ether oxygens (including phenoxy) is 1. The van der Waals surface area contributed by atoms with Crippen LogP contribution < -0.4 is 4.74 Å². The van der Waals surface area contributed by atoms with Gasteiger partial charge in [-0.25, -0.2) is 0 Å². The van der Waals surface area contributed by atoms with Crippen LogP contribution >= 0.6 is 0 Å². The molecule has 2 aromatic rings. The van der Waals surface area contributed by atoms with Gasteiger partial charge in [0.15, 0.2) is 0 Å². The quantitative estimate of drug-likeness (QED) is 0.848. The number of aromatic nitrogens is 1. The van der Waals surface area contributed by atoms with Gasteiger partial charge in [-0.2, -0.15) is 26.3 Å². The Bertz CT molecular complexity index is 695. The van der Waals surface area contributed by atoms with Crippen LogP contribution in [0.2, 0.25) is 0 Å². The van der Waals surface area contributed by atoms with E-state index >= 15 is 0 Å². The summed E-state index contributed by atoms with van der Waals surface area (Å²) in [7, 11) is 1.35. The number of hydrogen-bond acceptors (Lipinski definition) is 3. The van der Waals surface area contributed by atoms with Crippen molar-refractivity contribution in [2.45, 2.75) is 18.0 Å². The van der Waals surface area contributed by atoms with Crippen LogP contribution in [0.5, 0.6) is 5.75 Å². The van der Waals surface area contributed by atoms with Gasteiger partial charge < -0.3 is 9.84 Å². The lowest BCUT2D eigenvalue weighted by atomic mass is 9.88. The summed E-state index contributed by atoms with van der Waals surface area (Å²) in [4.78, 5) is 3.60. The van der Waals surface area contributed by atoms with Gasteiger partial charge >= 0.3 is 12.4 Å². The molecular weight excluding hydrogens is 340 g/mol. The molecule has 0 aliphatic heterocycles. The molecule has 1 N–H and O–H groups in total. The van der Waals surface area contributed by atoms with Gasteiger partial charge in [0.05, 0.1) is 12.8 Å². The van der Waals surface area contributed by atoms with E-state index in [4.69, 9.17) is 4.74 Å². The van der Waals surface area contributed by atoms with Crippen LogP contribution in [0, 0.1) is 0 Å². The van der Waals surface area contributed by atoms with Crippen LogP contribution in [0.25, 0.3) is 11.3 Å². The molecule has 0 saturated carbocycles. The highest BCUT2D eigenvalue weighted by Gasteiger charge is 2.72. The predicted molar refractivity (Wildman–Crippen MR) is 72.2 cm³/mol. The first-order valence-electron chi connectivity index (χ1n) is 6.48. The third kappa shape index (κ3) is 2.91. The predicted octanol–water partition coefficient (Wildman–Crippen LogP) is 4.07. The number of nitrogens with zero attached hydrogens (tertiary/aromatic N) is 1. The van der Waals surface area contributed by atoms with E-state index in [1.54, 1.807) is 0 Å². The number of halogens is 6. The minimum Gasteiger partial charge on any atom is -0.497 e. The van der Waals surface area contributed by atoms with E-state index in [0.717, 1.165) is 12.3 Å². The van der Waals surface area contributed by atoms with Crippen molar-refractivity contribution in [1.29, 1.82) is 0 Å². The molecule has 0 amide bonds. The Balaban J connectivity index is 2.70. The van der Waals surface area contributed by atoms with E-state index < -0.39 is 29.2 Å². The molecule has 0 saturated heterocycles. The van der Waals surface area contributed by atoms with Crippen LogP contribution in [0.1, 0.15) is 5.56 Å². The lowest BCUT2D eigenvalue weighted by molar-refractivity contribution is -0.376. The zero-order valence-corrected chi connectivity index (χ0v) is 12.1. The van der Waals surface area contributed by atoms with E-state index in [-0.39, 0.29) is 5.56 Å². The molecule has 2 rings (SSSR count). The Morgan fingerprint density at radius 1 is 0.917 bits per heavy atom. The Hall–Kier alpha value is -2.29. The third-order valence-electron chi connectivity index (χ3n) is 3.38. The summed E-state index contributed by atoms with van der Waals surface area (Å²) in [5.41, 5.74) is -7.09. The molecule has 0 unspecified atom stereocenters. The molecule has 0 aliphatic carbocycles. The van der Waals surface area contributed by atoms with Gasteiger partial charge in [-0.1, -0.05) is 6.07 Å². The minimum absolute atomic E-state index is 0.0293. The van der Waals surface area contributed by atoms with Crippen LogP contribution in [-0.4, -0.2) is 29.6 Å². The number of aliphatic hydroxyl groups is 1. The SMILES string of the molecule is COc1ccc(-c2ncccc2C(O)(C(F)(F)F)C(F)(F)F)cc1. The minimum atomic E-state index is -5.98. The number of pyridine rings is 1. The van der Waals surface area contributed by atoms with Gasteiger partial charge in [0.25, 0.3) is 5.60 Å². The summed E-state index contributed by atoms with van der Waals surface area (Å²) in [6, 6.07) is 6.65. The van der Waals surface area contributed by atoms with Gasteiger partial charge in [0, 0.05) is 17.3 Å². The molecule has 0 bridgehead atoms. The maximum absolute atomic E-state index is 13.1. The Labute approximate surface area is 132 Å². The fraction of sp³-hybridized carbons (Fsp3) is 0.267. The van der Waals surface area contributed by atoms with Gasteiger partial charge in [-0.15, -0.1) is 0 Å². The van der Waals surface area contributed by atoms with Crippen molar-refractivity contribution in [3.05, 3.63) is 48.2 Å². The molecule has 0 aliphatic rings. The second-order valence-corrected chi connectivity index (χ2v) is 4.83. The fourth-order valence-corrected chi connectivity index (χ4v) is 2.14. The van der Waals surface area contributed by atoms with Crippen molar-refractivity contribution in [3.63, 3.8) is 0 Å². The van der Waals surface area contributed by atoms with Gasteiger partial charge in [0.1, 0.15) is 5.75 Å². The Morgan fingerprint density at radius 2 is 1.46 bits per heavy atom. The second-order valence-electron chi connectivity index (χ2n) is 4.83. The molecule has 1 heterocycles. The molecule has 0 spiro atoms. The lowest BCUT2D eigenvalue weighted by Gasteiger charge is -2.33. The zero-order chi connectivity index (χ0) is 18.2. The number of methoxy groups -OCH3 is 1. The van der Waals surface area contributed by atoms with Crippen molar-refractivity contribution in [2.24, 2.45) is 0 Å². The summed E-state index contributed by atoms with van der Waals surface area (Å²) in [5, 5.41) is 9.58. The highest BCUT2D eigenvalue weighted by atomic mass is 19.4. The largest absolute Gasteiger partial charge is 0.497 e. The molecule has 0 radical (unpaired) electrons. The molecule has 24 heavy (non-hydrogen) atoms. The fourth-order valence-electron chi connectivity index (χ4n) is 2.14. The van der Waals surface area contributed by atoms with E-state index in [9.17, 15) is 31.4 Å². The summed E-state index contributed by atoms with van der Waals surface area (Å²) in [6.45, 7) is 0. The molecule has 3 nitrogen and oxygen atoms in total. The molecular formula is C15H11F6NO2. The molecule has 0 fully saturated rings. The average Bonchev–Trinajstić information content (AvgIpc) is 2.52. The van der Waals surface area contributed by atoms with Crippen molar-refractivity contribution in [2.75, 3.05) is 7.11 Å². The van der Waals surface area contributed by atoms with Crippen molar-refractivity contribution in [3.8, 4) is 17.0 Å². The monoisotopic (exact) mass is 351 g/mol. The summed E-state index contributed by atoms with van der Waals surface area (Å²) >= 11 is 0.